The predicted molar refractivity (Wildman–Crippen MR) is 64.7 cm³/mol. The Kier molecular flexibility index (Phi) is 5.41. The zero-order chi connectivity index (χ0) is 12.8. The highest BCUT2D eigenvalue weighted by Crippen LogP contribution is 2.23. The molecule has 0 aromatic carbocycles. The van der Waals surface area contributed by atoms with E-state index in [2.05, 4.69) is 12.2 Å². The minimum atomic E-state index is -0.823. The highest BCUT2D eigenvalue weighted by molar-refractivity contribution is 5.80. The Morgan fingerprint density at radius 1 is 1.47 bits per heavy atom. The Balaban J connectivity index is 2.39. The van der Waals surface area contributed by atoms with E-state index in [9.17, 15) is 9.59 Å². The summed E-state index contributed by atoms with van der Waals surface area (Å²) in [5, 5.41) is 11.9. The van der Waals surface area contributed by atoms with E-state index in [1.807, 2.05) is 6.92 Å². The van der Waals surface area contributed by atoms with Gasteiger partial charge in [0, 0.05) is 6.54 Å². The number of carbonyl (C=O) groups excluding carboxylic acids is 1. The first-order chi connectivity index (χ1) is 8.06. The fourth-order valence-corrected chi connectivity index (χ4v) is 2.25. The monoisotopic (exact) mass is 242 g/mol. The molecule has 0 radical (unpaired) electrons. The molecule has 1 saturated heterocycles. The highest BCUT2D eigenvalue weighted by atomic mass is 16.4. The summed E-state index contributed by atoms with van der Waals surface area (Å²) in [7, 11) is 0. The summed E-state index contributed by atoms with van der Waals surface area (Å²) >= 11 is 0. The van der Waals surface area contributed by atoms with Crippen LogP contribution in [0.4, 0.5) is 0 Å². The predicted octanol–water partition coefficient (Wildman–Crippen LogP) is 0.698. The molecular formula is C12H22N2O3. The zero-order valence-corrected chi connectivity index (χ0v) is 10.6. The van der Waals surface area contributed by atoms with Crippen molar-refractivity contribution in [2.24, 2.45) is 5.92 Å². The second kappa shape index (κ2) is 6.59. The molecule has 0 aliphatic carbocycles. The Labute approximate surface area is 102 Å². The molecule has 0 bridgehead atoms. The number of nitrogens with zero attached hydrogens (tertiary/aromatic N) is 1. The number of carboxylic acids is 1. The number of nitrogens with one attached hydrogen (secondary N) is 1. The number of carboxylic acid groups (broad SMARTS) is 1. The largest absolute Gasteiger partial charge is 0.480 e. The van der Waals surface area contributed by atoms with E-state index in [4.69, 9.17) is 5.11 Å². The first-order valence-corrected chi connectivity index (χ1v) is 6.29. The van der Waals surface area contributed by atoms with Gasteiger partial charge in [-0.15, -0.1) is 0 Å². The number of hydrogen-bond donors (Lipinski definition) is 2. The number of rotatable bonds is 6. The smallest absolute Gasteiger partial charge is 0.321 e. The maximum atomic E-state index is 11.6. The Morgan fingerprint density at radius 3 is 2.76 bits per heavy atom. The molecule has 5 nitrogen and oxygen atoms in total. The van der Waals surface area contributed by atoms with Crippen LogP contribution in [0.1, 0.15) is 33.1 Å². The highest BCUT2D eigenvalue weighted by Gasteiger charge is 2.37. The molecule has 0 aromatic rings. The molecule has 17 heavy (non-hydrogen) atoms. The molecule has 2 atom stereocenters. The third-order valence-corrected chi connectivity index (χ3v) is 3.26. The topological polar surface area (TPSA) is 69.6 Å². The van der Waals surface area contributed by atoms with Crippen molar-refractivity contribution in [1.82, 2.24) is 10.2 Å². The van der Waals surface area contributed by atoms with Gasteiger partial charge in [0.2, 0.25) is 5.91 Å². The molecule has 1 heterocycles. The molecular weight excluding hydrogens is 220 g/mol. The van der Waals surface area contributed by atoms with Gasteiger partial charge >= 0.3 is 5.97 Å². The lowest BCUT2D eigenvalue weighted by Gasteiger charge is -2.22. The standard InChI is InChI=1S/C12H22N2O3/c1-3-4-6-13-10(15)8-14-7-5-9(2)11(14)12(16)17/h9,11H,3-8H2,1-2H3,(H,13,15)(H,16,17). The van der Waals surface area contributed by atoms with Crippen LogP contribution in [0.15, 0.2) is 0 Å². The molecule has 2 unspecified atom stereocenters. The Bertz CT molecular complexity index is 281. The van der Waals surface area contributed by atoms with Crippen LogP contribution >= 0.6 is 0 Å². The maximum Gasteiger partial charge on any atom is 0.321 e. The number of hydrogen-bond acceptors (Lipinski definition) is 3. The first kappa shape index (κ1) is 14.0. The van der Waals surface area contributed by atoms with Crippen LogP contribution in [0.2, 0.25) is 0 Å². The summed E-state index contributed by atoms with van der Waals surface area (Å²) in [6.45, 7) is 5.56. The van der Waals surface area contributed by atoms with Gasteiger partial charge in [-0.1, -0.05) is 20.3 Å². The van der Waals surface area contributed by atoms with Crippen molar-refractivity contribution in [1.29, 1.82) is 0 Å². The normalized spacial score (nSPS) is 24.8. The van der Waals surface area contributed by atoms with Crippen molar-refractivity contribution < 1.29 is 14.7 Å². The van der Waals surface area contributed by atoms with Crippen LogP contribution in [-0.2, 0) is 9.59 Å². The second-order valence-corrected chi connectivity index (χ2v) is 4.72. The lowest BCUT2D eigenvalue weighted by Crippen LogP contribution is -2.44. The van der Waals surface area contributed by atoms with Gasteiger partial charge in [-0.25, -0.2) is 0 Å². The van der Waals surface area contributed by atoms with Gasteiger partial charge in [0.15, 0.2) is 0 Å². The number of unbranched alkanes of at least 4 members (excludes halogenated alkanes) is 1. The van der Waals surface area contributed by atoms with Crippen LogP contribution < -0.4 is 5.32 Å². The molecule has 98 valence electrons. The van der Waals surface area contributed by atoms with Crippen molar-refractivity contribution in [2.75, 3.05) is 19.6 Å². The summed E-state index contributed by atoms with van der Waals surface area (Å²) < 4.78 is 0. The minimum Gasteiger partial charge on any atom is -0.480 e. The van der Waals surface area contributed by atoms with Crippen molar-refractivity contribution in [3.63, 3.8) is 0 Å². The third-order valence-electron chi connectivity index (χ3n) is 3.26. The van der Waals surface area contributed by atoms with Gasteiger partial charge in [-0.3, -0.25) is 14.5 Å². The van der Waals surface area contributed by atoms with E-state index < -0.39 is 12.0 Å². The Morgan fingerprint density at radius 2 is 2.18 bits per heavy atom. The quantitative estimate of drug-likeness (QED) is 0.673. The number of aliphatic carboxylic acids is 1. The van der Waals surface area contributed by atoms with Gasteiger partial charge in [-0.2, -0.15) is 0 Å². The second-order valence-electron chi connectivity index (χ2n) is 4.72. The molecule has 1 rings (SSSR count). The van der Waals surface area contributed by atoms with Crippen molar-refractivity contribution in [3.8, 4) is 0 Å². The van der Waals surface area contributed by atoms with Crippen LogP contribution in [0.25, 0.3) is 0 Å². The third kappa shape index (κ3) is 4.00. The van der Waals surface area contributed by atoms with E-state index in [0.29, 0.717) is 13.1 Å². The Hall–Kier alpha value is -1.10. The molecule has 0 saturated carbocycles. The van der Waals surface area contributed by atoms with Crippen molar-refractivity contribution in [3.05, 3.63) is 0 Å². The molecule has 5 heteroatoms. The summed E-state index contributed by atoms with van der Waals surface area (Å²) in [4.78, 5) is 24.5. The summed E-state index contributed by atoms with van der Waals surface area (Å²) in [5.41, 5.74) is 0. The van der Waals surface area contributed by atoms with E-state index in [0.717, 1.165) is 19.3 Å². The molecule has 1 fully saturated rings. The molecule has 1 aliphatic rings. The first-order valence-electron chi connectivity index (χ1n) is 6.29. The molecule has 0 aromatic heterocycles. The van der Waals surface area contributed by atoms with Crippen molar-refractivity contribution in [2.45, 2.75) is 39.2 Å². The molecule has 0 spiro atoms. The van der Waals surface area contributed by atoms with Crippen LogP contribution in [-0.4, -0.2) is 47.6 Å². The molecule has 2 N–H and O–H groups in total. The van der Waals surface area contributed by atoms with Gasteiger partial charge < -0.3 is 10.4 Å². The van der Waals surface area contributed by atoms with E-state index in [1.54, 1.807) is 4.90 Å². The van der Waals surface area contributed by atoms with E-state index in [1.165, 1.54) is 0 Å². The molecule has 1 aliphatic heterocycles. The average Bonchev–Trinajstić information content (AvgIpc) is 2.60. The van der Waals surface area contributed by atoms with E-state index in [-0.39, 0.29) is 18.4 Å². The maximum absolute atomic E-state index is 11.6. The van der Waals surface area contributed by atoms with E-state index >= 15 is 0 Å². The van der Waals surface area contributed by atoms with Crippen LogP contribution in [0, 0.1) is 5.92 Å². The summed E-state index contributed by atoms with van der Waals surface area (Å²) in [6.07, 6.45) is 2.85. The lowest BCUT2D eigenvalue weighted by molar-refractivity contribution is -0.143. The van der Waals surface area contributed by atoms with Crippen molar-refractivity contribution >= 4 is 11.9 Å². The molecule has 1 amide bonds. The zero-order valence-electron chi connectivity index (χ0n) is 10.6. The number of carbonyl (C=O) groups is 2. The van der Waals surface area contributed by atoms with Gasteiger partial charge in [0.25, 0.3) is 0 Å². The summed E-state index contributed by atoms with van der Waals surface area (Å²) in [6, 6.07) is -0.507. The summed E-state index contributed by atoms with van der Waals surface area (Å²) in [5.74, 6) is -0.772. The fraction of sp³-hybridized carbons (Fsp3) is 0.833. The van der Waals surface area contributed by atoms with Gasteiger partial charge in [-0.05, 0) is 25.3 Å². The minimum absolute atomic E-state index is 0.0706. The average molecular weight is 242 g/mol. The van der Waals surface area contributed by atoms with Gasteiger partial charge in [0.05, 0.1) is 6.54 Å². The fourth-order valence-electron chi connectivity index (χ4n) is 2.25. The number of amides is 1. The van der Waals surface area contributed by atoms with Crippen LogP contribution in [0.5, 0.6) is 0 Å². The van der Waals surface area contributed by atoms with Gasteiger partial charge in [0.1, 0.15) is 6.04 Å². The SMILES string of the molecule is CCCCNC(=O)CN1CCC(C)C1C(=O)O. The van der Waals surface area contributed by atoms with Crippen LogP contribution in [0.3, 0.4) is 0 Å². The lowest BCUT2D eigenvalue weighted by atomic mass is 10.0. The number of likely N-dealkylation sites (tertiary alicyclic amines) is 1.